The zero-order valence-corrected chi connectivity index (χ0v) is 12.6. The monoisotopic (exact) mass is 308 g/mol. The number of nitrogens with zero attached hydrogens (tertiary/aromatic N) is 1. The van der Waals surface area contributed by atoms with Crippen molar-refractivity contribution >= 4 is 28.8 Å². The molecule has 0 bridgehead atoms. The van der Waals surface area contributed by atoms with Crippen molar-refractivity contribution in [1.82, 2.24) is 9.55 Å². The summed E-state index contributed by atoms with van der Waals surface area (Å²) in [6, 6.07) is 4.61. The Balaban J connectivity index is 2.66. The van der Waals surface area contributed by atoms with Gasteiger partial charge >= 0.3 is 17.1 Å². The maximum Gasteiger partial charge on any atom is 0.337 e. The molecule has 112 valence electrons. The Hall–Kier alpha value is -2.02. The van der Waals surface area contributed by atoms with E-state index in [1.807, 2.05) is 13.2 Å². The van der Waals surface area contributed by atoms with E-state index in [1.165, 1.54) is 10.6 Å². The fraction of sp³-hybridized carbons (Fsp3) is 0.357. The summed E-state index contributed by atoms with van der Waals surface area (Å²) in [5.41, 5.74) is -0.846. The number of aryl methyl sites for hydroxylation is 1. The van der Waals surface area contributed by atoms with Gasteiger partial charge in [-0.25, -0.2) is 4.79 Å². The average Bonchev–Trinajstić information content (AvgIpc) is 2.46. The van der Waals surface area contributed by atoms with Crippen LogP contribution >= 0.6 is 11.8 Å². The van der Waals surface area contributed by atoms with Gasteiger partial charge in [-0.3, -0.25) is 9.59 Å². The second-order valence-electron chi connectivity index (χ2n) is 4.75. The van der Waals surface area contributed by atoms with Crippen LogP contribution in [0.4, 0.5) is 0 Å². The molecule has 2 rings (SSSR count). The van der Waals surface area contributed by atoms with Crippen LogP contribution in [-0.4, -0.2) is 32.1 Å². The molecule has 1 unspecified atom stereocenters. The van der Waals surface area contributed by atoms with Gasteiger partial charge in [0, 0.05) is 11.8 Å². The second-order valence-corrected chi connectivity index (χ2v) is 6.03. The summed E-state index contributed by atoms with van der Waals surface area (Å²) >= 11 is 1.67. The number of fused-ring (bicyclic) bond motifs is 1. The van der Waals surface area contributed by atoms with E-state index >= 15 is 0 Å². The maximum absolute atomic E-state index is 12.0. The van der Waals surface area contributed by atoms with Crippen LogP contribution in [0.3, 0.4) is 0 Å². The minimum atomic E-state index is -1.14. The molecule has 0 radical (unpaired) electrons. The molecule has 1 heterocycles. The van der Waals surface area contributed by atoms with Gasteiger partial charge in [0.1, 0.15) is 0 Å². The third-order valence-electron chi connectivity index (χ3n) is 3.40. The molecule has 0 saturated carbocycles. The molecule has 1 atom stereocenters. The summed E-state index contributed by atoms with van der Waals surface area (Å²) < 4.78 is 1.35. The number of carboxylic acids is 1. The van der Waals surface area contributed by atoms with Gasteiger partial charge in [0.05, 0.1) is 16.6 Å². The Bertz CT molecular complexity index is 794. The molecule has 0 spiro atoms. The SMILES string of the molecule is CSC(C)CCn1c(=O)c(=O)[nH]c2c(C(=O)O)cccc21. The van der Waals surface area contributed by atoms with Crippen molar-refractivity contribution < 1.29 is 9.90 Å². The maximum atomic E-state index is 12.0. The molecule has 0 amide bonds. The van der Waals surface area contributed by atoms with Crippen LogP contribution in [-0.2, 0) is 6.54 Å². The third-order valence-corrected chi connectivity index (χ3v) is 4.44. The van der Waals surface area contributed by atoms with Crippen LogP contribution in [0.25, 0.3) is 11.0 Å². The molecule has 0 aliphatic rings. The van der Waals surface area contributed by atoms with E-state index in [4.69, 9.17) is 0 Å². The first-order chi connectivity index (χ1) is 9.95. The summed E-state index contributed by atoms with van der Waals surface area (Å²) in [5, 5.41) is 9.52. The van der Waals surface area contributed by atoms with Gasteiger partial charge in [-0.1, -0.05) is 13.0 Å². The number of rotatable bonds is 5. The van der Waals surface area contributed by atoms with Crippen LogP contribution in [0.15, 0.2) is 27.8 Å². The lowest BCUT2D eigenvalue weighted by Crippen LogP contribution is -2.37. The molecule has 1 aromatic carbocycles. The Labute approximate surface area is 124 Å². The van der Waals surface area contributed by atoms with Crippen LogP contribution in [0, 0.1) is 0 Å². The molecule has 7 heteroatoms. The van der Waals surface area contributed by atoms with E-state index < -0.39 is 17.1 Å². The average molecular weight is 308 g/mol. The predicted molar refractivity (Wildman–Crippen MR) is 83.4 cm³/mol. The van der Waals surface area contributed by atoms with Crippen LogP contribution in [0.5, 0.6) is 0 Å². The van der Waals surface area contributed by atoms with Gasteiger partial charge in [-0.05, 0) is 24.8 Å². The summed E-state index contributed by atoms with van der Waals surface area (Å²) in [6.45, 7) is 2.41. The predicted octanol–water partition coefficient (Wildman–Crippen LogP) is 1.53. The molecule has 1 aromatic heterocycles. The van der Waals surface area contributed by atoms with Crippen LogP contribution in [0.2, 0.25) is 0 Å². The number of aromatic carboxylic acids is 1. The standard InChI is InChI=1S/C14H16N2O4S/c1-8(21-2)6-7-16-10-5-3-4-9(14(19)20)11(10)15-12(17)13(16)18/h3-5,8H,6-7H2,1-2H3,(H,15,17)(H,19,20). The number of aromatic nitrogens is 2. The van der Waals surface area contributed by atoms with Gasteiger partial charge < -0.3 is 14.7 Å². The quantitative estimate of drug-likeness (QED) is 0.817. The molecular formula is C14H16N2O4S. The lowest BCUT2D eigenvalue weighted by Gasteiger charge is -2.13. The molecule has 0 saturated heterocycles. The summed E-state index contributed by atoms with van der Waals surface area (Å²) in [6.07, 6.45) is 2.70. The number of thioether (sulfide) groups is 1. The highest BCUT2D eigenvalue weighted by atomic mass is 32.2. The zero-order chi connectivity index (χ0) is 15.6. The Kier molecular flexibility index (Phi) is 4.52. The van der Waals surface area contributed by atoms with Crippen molar-refractivity contribution in [3.8, 4) is 0 Å². The van der Waals surface area contributed by atoms with Crippen LogP contribution in [0.1, 0.15) is 23.7 Å². The van der Waals surface area contributed by atoms with Crippen molar-refractivity contribution in [2.75, 3.05) is 6.26 Å². The highest BCUT2D eigenvalue weighted by Gasteiger charge is 2.14. The molecule has 0 fully saturated rings. The molecule has 6 nitrogen and oxygen atoms in total. The highest BCUT2D eigenvalue weighted by Crippen LogP contribution is 2.16. The highest BCUT2D eigenvalue weighted by molar-refractivity contribution is 7.99. The fourth-order valence-electron chi connectivity index (χ4n) is 2.12. The molecular weight excluding hydrogens is 292 g/mol. The molecule has 0 aliphatic heterocycles. The normalized spacial score (nSPS) is 12.5. The summed E-state index contributed by atoms with van der Waals surface area (Å²) in [5.74, 6) is -1.14. The number of hydrogen-bond donors (Lipinski definition) is 2. The van der Waals surface area contributed by atoms with E-state index in [0.29, 0.717) is 17.3 Å². The summed E-state index contributed by atoms with van der Waals surface area (Å²) in [7, 11) is 0. The van der Waals surface area contributed by atoms with Gasteiger partial charge in [-0.2, -0.15) is 11.8 Å². The number of carboxylic acid groups (broad SMARTS) is 1. The minimum Gasteiger partial charge on any atom is -0.478 e. The smallest absolute Gasteiger partial charge is 0.337 e. The van der Waals surface area contributed by atoms with Crippen molar-refractivity contribution in [2.24, 2.45) is 0 Å². The van der Waals surface area contributed by atoms with E-state index in [0.717, 1.165) is 6.42 Å². The number of benzene rings is 1. The second kappa shape index (κ2) is 6.17. The zero-order valence-electron chi connectivity index (χ0n) is 11.8. The van der Waals surface area contributed by atoms with Crippen molar-refractivity contribution in [2.45, 2.75) is 25.1 Å². The first kappa shape index (κ1) is 15.4. The first-order valence-corrected chi connectivity index (χ1v) is 7.76. The first-order valence-electron chi connectivity index (χ1n) is 6.47. The number of H-pyrrole nitrogens is 1. The van der Waals surface area contributed by atoms with Crippen LogP contribution < -0.4 is 11.1 Å². The molecule has 2 N–H and O–H groups in total. The van der Waals surface area contributed by atoms with E-state index in [2.05, 4.69) is 4.98 Å². The lowest BCUT2D eigenvalue weighted by molar-refractivity contribution is 0.0699. The van der Waals surface area contributed by atoms with Gasteiger partial charge in [-0.15, -0.1) is 0 Å². The molecule has 2 aromatic rings. The lowest BCUT2D eigenvalue weighted by atomic mass is 10.1. The van der Waals surface area contributed by atoms with Gasteiger partial charge in [0.25, 0.3) is 0 Å². The van der Waals surface area contributed by atoms with Gasteiger partial charge in [0.15, 0.2) is 0 Å². The molecule has 0 aliphatic carbocycles. The van der Waals surface area contributed by atoms with Crippen molar-refractivity contribution in [1.29, 1.82) is 0 Å². The largest absolute Gasteiger partial charge is 0.478 e. The van der Waals surface area contributed by atoms with Crippen molar-refractivity contribution in [3.63, 3.8) is 0 Å². The number of para-hydroxylation sites is 1. The Morgan fingerprint density at radius 3 is 2.76 bits per heavy atom. The van der Waals surface area contributed by atoms with E-state index in [9.17, 15) is 19.5 Å². The van der Waals surface area contributed by atoms with Crippen molar-refractivity contribution in [3.05, 3.63) is 44.5 Å². The topological polar surface area (TPSA) is 92.2 Å². The third kappa shape index (κ3) is 3.02. The summed E-state index contributed by atoms with van der Waals surface area (Å²) in [4.78, 5) is 37.4. The number of hydrogen-bond acceptors (Lipinski definition) is 4. The number of aromatic amines is 1. The molecule has 21 heavy (non-hydrogen) atoms. The number of carbonyl (C=O) groups is 1. The van der Waals surface area contributed by atoms with E-state index in [-0.39, 0.29) is 11.1 Å². The Morgan fingerprint density at radius 2 is 2.14 bits per heavy atom. The van der Waals surface area contributed by atoms with Gasteiger partial charge in [0.2, 0.25) is 0 Å². The Morgan fingerprint density at radius 1 is 1.43 bits per heavy atom. The fourth-order valence-corrected chi connectivity index (χ4v) is 2.47. The minimum absolute atomic E-state index is 0.0173. The van der Waals surface area contributed by atoms with E-state index in [1.54, 1.807) is 23.9 Å². The number of nitrogens with one attached hydrogen (secondary N) is 1.